The van der Waals surface area contributed by atoms with Crippen LogP contribution < -0.4 is 9.80 Å². The zero-order valence-electron chi connectivity index (χ0n) is 9.90. The molecule has 0 saturated carbocycles. The van der Waals surface area contributed by atoms with Crippen molar-refractivity contribution in [3.63, 3.8) is 0 Å². The van der Waals surface area contributed by atoms with E-state index in [0.717, 1.165) is 12.2 Å². The highest BCUT2D eigenvalue weighted by molar-refractivity contribution is 5.65. The van der Waals surface area contributed by atoms with Gasteiger partial charge in [-0.3, -0.25) is 0 Å². The lowest BCUT2D eigenvalue weighted by atomic mass is 10.2. The molecule has 3 nitrogen and oxygen atoms in total. The van der Waals surface area contributed by atoms with Crippen LogP contribution in [0.5, 0.6) is 0 Å². The van der Waals surface area contributed by atoms with E-state index in [1.807, 2.05) is 18.3 Å². The zero-order chi connectivity index (χ0) is 11.9. The second-order valence-electron chi connectivity index (χ2n) is 4.62. The average Bonchev–Trinajstić information content (AvgIpc) is 2.98. The van der Waals surface area contributed by atoms with Gasteiger partial charge in [0.1, 0.15) is 12.0 Å². The Bertz CT molecular complexity index is 606. The number of anilines is 2. The molecule has 88 valence electrons. The molecule has 0 bridgehead atoms. The minimum absolute atomic E-state index is 0.345. The van der Waals surface area contributed by atoms with Crippen LogP contribution in [0.1, 0.15) is 5.56 Å². The van der Waals surface area contributed by atoms with Crippen LogP contribution >= 0.6 is 0 Å². The summed E-state index contributed by atoms with van der Waals surface area (Å²) in [5, 5.41) is 0. The van der Waals surface area contributed by atoms with Gasteiger partial charge in [-0.15, -0.1) is 0 Å². The van der Waals surface area contributed by atoms with Crippen LogP contribution in [-0.2, 0) is 6.42 Å². The smallest absolute Gasteiger partial charge is 0.137 e. The standard InChI is InChI=1S/C15H13N3/c1-2-6-13(7-3-1)17-9-10-18-14(17)11-12-5-4-8-16-15(12)18/h1-10,14H,11H2. The van der Waals surface area contributed by atoms with E-state index in [2.05, 4.69) is 57.5 Å². The molecule has 2 aliphatic rings. The van der Waals surface area contributed by atoms with Gasteiger partial charge in [-0.25, -0.2) is 4.98 Å². The Kier molecular flexibility index (Phi) is 1.94. The Balaban J connectivity index is 1.73. The van der Waals surface area contributed by atoms with Crippen LogP contribution in [-0.4, -0.2) is 11.1 Å². The molecule has 4 rings (SSSR count). The zero-order valence-corrected chi connectivity index (χ0v) is 9.90. The molecule has 0 spiro atoms. The highest BCUT2D eigenvalue weighted by Crippen LogP contribution is 2.37. The van der Waals surface area contributed by atoms with Crippen molar-refractivity contribution in [2.75, 3.05) is 9.80 Å². The van der Waals surface area contributed by atoms with Crippen molar-refractivity contribution in [1.29, 1.82) is 0 Å². The van der Waals surface area contributed by atoms with Crippen LogP contribution in [0.3, 0.4) is 0 Å². The van der Waals surface area contributed by atoms with Gasteiger partial charge < -0.3 is 9.80 Å². The Morgan fingerprint density at radius 3 is 2.67 bits per heavy atom. The van der Waals surface area contributed by atoms with Crippen LogP contribution in [0.4, 0.5) is 11.5 Å². The number of hydrogen-bond acceptors (Lipinski definition) is 3. The summed E-state index contributed by atoms with van der Waals surface area (Å²) < 4.78 is 0. The summed E-state index contributed by atoms with van der Waals surface area (Å²) in [4.78, 5) is 9.04. The van der Waals surface area contributed by atoms with Crippen LogP contribution in [0.15, 0.2) is 61.1 Å². The fourth-order valence-corrected chi connectivity index (χ4v) is 2.76. The maximum Gasteiger partial charge on any atom is 0.137 e. The fourth-order valence-electron chi connectivity index (χ4n) is 2.76. The predicted octanol–water partition coefficient (Wildman–Crippen LogP) is 2.76. The number of pyridine rings is 1. The van der Waals surface area contributed by atoms with Crippen LogP contribution in [0.25, 0.3) is 0 Å². The summed E-state index contributed by atoms with van der Waals surface area (Å²) >= 11 is 0. The lowest BCUT2D eigenvalue weighted by Crippen LogP contribution is -2.36. The van der Waals surface area contributed by atoms with Crippen molar-refractivity contribution in [3.8, 4) is 0 Å². The van der Waals surface area contributed by atoms with Gasteiger partial charge >= 0.3 is 0 Å². The molecule has 1 aromatic heterocycles. The monoisotopic (exact) mass is 235 g/mol. The molecule has 3 heteroatoms. The Labute approximate surface area is 106 Å². The normalized spacial score (nSPS) is 20.1. The molecule has 0 saturated heterocycles. The fraction of sp³-hybridized carbons (Fsp3) is 0.133. The molecule has 0 fully saturated rings. The topological polar surface area (TPSA) is 19.4 Å². The first kappa shape index (κ1) is 9.71. The van der Waals surface area contributed by atoms with Gasteiger partial charge in [0.15, 0.2) is 0 Å². The summed E-state index contributed by atoms with van der Waals surface area (Å²) in [6.45, 7) is 0. The second kappa shape index (κ2) is 3.60. The molecule has 1 unspecified atom stereocenters. The van der Waals surface area contributed by atoms with Gasteiger partial charge in [0, 0.05) is 30.7 Å². The average molecular weight is 235 g/mol. The number of benzene rings is 1. The Hall–Kier alpha value is -2.29. The molecule has 1 atom stereocenters. The van der Waals surface area contributed by atoms with Gasteiger partial charge in [0.05, 0.1) is 0 Å². The molecular weight excluding hydrogens is 222 g/mol. The summed E-state index contributed by atoms with van der Waals surface area (Å²) in [6.07, 6.45) is 7.48. The summed E-state index contributed by atoms with van der Waals surface area (Å²) in [6, 6.07) is 14.7. The van der Waals surface area contributed by atoms with Crippen LogP contribution in [0.2, 0.25) is 0 Å². The first-order chi connectivity index (χ1) is 8.93. The maximum absolute atomic E-state index is 4.48. The molecule has 0 aliphatic carbocycles. The lowest BCUT2D eigenvalue weighted by molar-refractivity contribution is 0.717. The quantitative estimate of drug-likeness (QED) is 0.757. The summed E-state index contributed by atoms with van der Waals surface area (Å²) in [5.41, 5.74) is 2.56. The number of hydrogen-bond donors (Lipinski definition) is 0. The van der Waals surface area contributed by atoms with E-state index in [4.69, 9.17) is 0 Å². The van der Waals surface area contributed by atoms with E-state index >= 15 is 0 Å². The highest BCUT2D eigenvalue weighted by atomic mass is 15.4. The number of aromatic nitrogens is 1. The molecule has 2 aliphatic heterocycles. The molecule has 18 heavy (non-hydrogen) atoms. The van der Waals surface area contributed by atoms with E-state index in [1.165, 1.54) is 11.3 Å². The van der Waals surface area contributed by atoms with E-state index < -0.39 is 0 Å². The van der Waals surface area contributed by atoms with E-state index in [-0.39, 0.29) is 0 Å². The SMILES string of the molecule is C1=CN2c3ncccc3CC2N1c1ccccc1. The van der Waals surface area contributed by atoms with Gasteiger partial charge in [-0.1, -0.05) is 24.3 Å². The highest BCUT2D eigenvalue weighted by Gasteiger charge is 2.36. The molecule has 2 aromatic rings. The second-order valence-corrected chi connectivity index (χ2v) is 4.62. The van der Waals surface area contributed by atoms with Crippen molar-refractivity contribution in [3.05, 3.63) is 66.6 Å². The first-order valence-electron chi connectivity index (χ1n) is 6.17. The molecular formula is C15H13N3. The van der Waals surface area contributed by atoms with Crippen molar-refractivity contribution < 1.29 is 0 Å². The minimum Gasteiger partial charge on any atom is -0.325 e. The molecule has 0 amide bonds. The number of para-hydroxylation sites is 1. The van der Waals surface area contributed by atoms with Crippen molar-refractivity contribution in [1.82, 2.24) is 4.98 Å². The molecule has 0 N–H and O–H groups in total. The molecule has 3 heterocycles. The largest absolute Gasteiger partial charge is 0.325 e. The van der Waals surface area contributed by atoms with Gasteiger partial charge in [0.2, 0.25) is 0 Å². The third-order valence-corrected chi connectivity index (χ3v) is 3.60. The van der Waals surface area contributed by atoms with Crippen LogP contribution in [0, 0.1) is 0 Å². The predicted molar refractivity (Wildman–Crippen MR) is 72.3 cm³/mol. The van der Waals surface area contributed by atoms with E-state index in [1.54, 1.807) is 0 Å². The number of nitrogens with zero attached hydrogens (tertiary/aromatic N) is 3. The molecule has 0 radical (unpaired) electrons. The third kappa shape index (κ3) is 1.27. The third-order valence-electron chi connectivity index (χ3n) is 3.60. The lowest BCUT2D eigenvalue weighted by Gasteiger charge is -2.26. The minimum atomic E-state index is 0.345. The van der Waals surface area contributed by atoms with Crippen molar-refractivity contribution in [2.24, 2.45) is 0 Å². The van der Waals surface area contributed by atoms with Gasteiger partial charge in [-0.05, 0) is 23.8 Å². The summed E-state index contributed by atoms with van der Waals surface area (Å²) in [5.74, 6) is 1.09. The number of fused-ring (bicyclic) bond motifs is 3. The summed E-state index contributed by atoms with van der Waals surface area (Å²) in [7, 11) is 0. The molecule has 1 aromatic carbocycles. The van der Waals surface area contributed by atoms with Gasteiger partial charge in [0.25, 0.3) is 0 Å². The number of rotatable bonds is 1. The Morgan fingerprint density at radius 2 is 1.78 bits per heavy atom. The van der Waals surface area contributed by atoms with E-state index in [0.29, 0.717) is 6.17 Å². The maximum atomic E-state index is 4.48. The van der Waals surface area contributed by atoms with E-state index in [9.17, 15) is 0 Å². The van der Waals surface area contributed by atoms with Gasteiger partial charge in [-0.2, -0.15) is 0 Å². The van der Waals surface area contributed by atoms with Crippen molar-refractivity contribution >= 4 is 11.5 Å². The Morgan fingerprint density at radius 1 is 0.944 bits per heavy atom. The van der Waals surface area contributed by atoms with Crippen molar-refractivity contribution in [2.45, 2.75) is 12.6 Å². The first-order valence-corrected chi connectivity index (χ1v) is 6.17.